The fourth-order valence-corrected chi connectivity index (χ4v) is 1.31. The summed E-state index contributed by atoms with van der Waals surface area (Å²) in [6.45, 7) is 12.4. The van der Waals surface area contributed by atoms with Gasteiger partial charge in [-0.3, -0.25) is 0 Å². The molecule has 1 rings (SSSR count). The Bertz CT molecular complexity index is 230. The summed E-state index contributed by atoms with van der Waals surface area (Å²) < 4.78 is 5.46. The minimum Gasteiger partial charge on any atom is -0.490 e. The van der Waals surface area contributed by atoms with E-state index < -0.39 is 0 Å². The highest BCUT2D eigenvalue weighted by Crippen LogP contribution is 2.23. The second kappa shape index (κ2) is 3.48. The van der Waals surface area contributed by atoms with E-state index in [0.29, 0.717) is 12.6 Å². The monoisotopic (exact) mass is 165 g/mol. The molecule has 0 saturated carbocycles. The highest BCUT2D eigenvalue weighted by Gasteiger charge is 2.22. The molecule has 2 nitrogen and oxygen atoms in total. The van der Waals surface area contributed by atoms with Gasteiger partial charge >= 0.3 is 0 Å². The molecule has 0 bridgehead atoms. The molecule has 0 aliphatic carbocycles. The second-order valence-corrected chi connectivity index (χ2v) is 2.85. The van der Waals surface area contributed by atoms with Gasteiger partial charge in [-0.05, 0) is 26.1 Å². The number of hydrogen-bond donors (Lipinski definition) is 0. The first kappa shape index (κ1) is 8.91. The third-order valence-corrected chi connectivity index (χ3v) is 2.01. The second-order valence-electron chi connectivity index (χ2n) is 2.85. The van der Waals surface area contributed by atoms with Crippen LogP contribution in [0, 0.1) is 0 Å². The number of allylic oxidation sites excluding steroid dienone is 1. The summed E-state index contributed by atoms with van der Waals surface area (Å²) in [5.41, 5.74) is 0.895. The van der Waals surface area contributed by atoms with E-state index in [0.717, 1.165) is 11.5 Å². The van der Waals surface area contributed by atoms with E-state index in [2.05, 4.69) is 20.1 Å². The van der Waals surface area contributed by atoms with Crippen molar-refractivity contribution < 1.29 is 4.74 Å². The highest BCUT2D eigenvalue weighted by atomic mass is 16.5. The normalized spacial score (nSPS) is 27.2. The van der Waals surface area contributed by atoms with Crippen molar-refractivity contribution in [1.29, 1.82) is 0 Å². The molecular formula is C10H15NO. The lowest BCUT2D eigenvalue weighted by Gasteiger charge is -2.35. The van der Waals surface area contributed by atoms with Crippen molar-refractivity contribution in [2.24, 2.45) is 0 Å². The maximum Gasteiger partial charge on any atom is 0.138 e. The van der Waals surface area contributed by atoms with Gasteiger partial charge in [0, 0.05) is 0 Å². The van der Waals surface area contributed by atoms with Crippen molar-refractivity contribution in [1.82, 2.24) is 4.90 Å². The molecule has 0 radical (unpaired) electrons. The summed E-state index contributed by atoms with van der Waals surface area (Å²) in [6, 6.07) is 0.332. The topological polar surface area (TPSA) is 12.5 Å². The predicted molar refractivity (Wildman–Crippen MR) is 50.3 cm³/mol. The van der Waals surface area contributed by atoms with Gasteiger partial charge in [-0.15, -0.1) is 0 Å². The van der Waals surface area contributed by atoms with Crippen molar-refractivity contribution in [2.45, 2.75) is 19.9 Å². The summed E-state index contributed by atoms with van der Waals surface area (Å²) in [4.78, 5) is 2.03. The summed E-state index contributed by atoms with van der Waals surface area (Å²) in [5.74, 6) is 0.855. The lowest BCUT2D eigenvalue weighted by atomic mass is 10.2. The van der Waals surface area contributed by atoms with Gasteiger partial charge < -0.3 is 9.64 Å². The number of nitrogens with zero attached hydrogens (tertiary/aromatic N) is 1. The highest BCUT2D eigenvalue weighted by molar-refractivity contribution is 5.25. The minimum atomic E-state index is 0.332. The number of rotatable bonds is 1. The van der Waals surface area contributed by atoms with Crippen LogP contribution in [0.1, 0.15) is 13.8 Å². The van der Waals surface area contributed by atoms with Crippen LogP contribution in [0.15, 0.2) is 36.9 Å². The predicted octanol–water partition coefficient (Wildman–Crippen LogP) is 2.27. The summed E-state index contributed by atoms with van der Waals surface area (Å²) >= 11 is 0. The van der Waals surface area contributed by atoms with Gasteiger partial charge in [0.25, 0.3) is 0 Å². The molecule has 1 saturated heterocycles. The van der Waals surface area contributed by atoms with E-state index in [9.17, 15) is 0 Å². The Morgan fingerprint density at radius 2 is 2.33 bits per heavy atom. The van der Waals surface area contributed by atoms with E-state index in [-0.39, 0.29) is 0 Å². The molecule has 0 N–H and O–H groups in total. The fraction of sp³-hybridized carbons (Fsp3) is 0.400. The van der Waals surface area contributed by atoms with Gasteiger partial charge in [0.1, 0.15) is 12.4 Å². The van der Waals surface area contributed by atoms with Gasteiger partial charge in [0.15, 0.2) is 0 Å². The quantitative estimate of drug-likeness (QED) is 0.591. The Kier molecular flexibility index (Phi) is 2.58. The van der Waals surface area contributed by atoms with E-state index in [1.807, 2.05) is 17.9 Å². The first-order valence-electron chi connectivity index (χ1n) is 4.10. The molecule has 0 aromatic carbocycles. The van der Waals surface area contributed by atoms with Crippen LogP contribution in [0.3, 0.4) is 0 Å². The van der Waals surface area contributed by atoms with E-state index in [4.69, 9.17) is 4.74 Å². The lowest BCUT2D eigenvalue weighted by molar-refractivity contribution is 0.108. The van der Waals surface area contributed by atoms with Gasteiger partial charge in [-0.2, -0.15) is 0 Å². The molecule has 1 atom stereocenters. The van der Waals surface area contributed by atoms with E-state index in [1.54, 1.807) is 6.20 Å². The van der Waals surface area contributed by atoms with E-state index >= 15 is 0 Å². The Hall–Kier alpha value is -1.18. The summed E-state index contributed by atoms with van der Waals surface area (Å²) in [7, 11) is 0. The summed E-state index contributed by atoms with van der Waals surface area (Å²) in [6.07, 6.45) is 3.71. The van der Waals surface area contributed by atoms with Crippen molar-refractivity contribution in [2.75, 3.05) is 6.61 Å². The van der Waals surface area contributed by atoms with Crippen LogP contribution in [-0.2, 0) is 4.74 Å². The molecule has 1 fully saturated rings. The minimum absolute atomic E-state index is 0.332. The zero-order chi connectivity index (χ0) is 9.14. The molecule has 1 unspecified atom stereocenters. The zero-order valence-electron chi connectivity index (χ0n) is 7.71. The average Bonchev–Trinajstić information content (AvgIpc) is 2.06. The standard InChI is InChI=1S/C10H15NO/c1-5-10-9(4)11(6-2)8(3)7-12-10/h5-6,8H,2,4,7H2,1,3H3/b10-5+. The third-order valence-electron chi connectivity index (χ3n) is 2.01. The van der Waals surface area contributed by atoms with Crippen molar-refractivity contribution >= 4 is 0 Å². The smallest absolute Gasteiger partial charge is 0.138 e. The van der Waals surface area contributed by atoms with Crippen molar-refractivity contribution in [3.63, 3.8) is 0 Å². The summed E-state index contributed by atoms with van der Waals surface area (Å²) in [5, 5.41) is 0. The van der Waals surface area contributed by atoms with Crippen LogP contribution in [0.2, 0.25) is 0 Å². The van der Waals surface area contributed by atoms with Gasteiger partial charge in [-0.25, -0.2) is 0 Å². The average molecular weight is 165 g/mol. The largest absolute Gasteiger partial charge is 0.490 e. The zero-order valence-corrected chi connectivity index (χ0v) is 7.71. The molecular weight excluding hydrogens is 150 g/mol. The van der Waals surface area contributed by atoms with Crippen LogP contribution in [0.4, 0.5) is 0 Å². The van der Waals surface area contributed by atoms with Crippen molar-refractivity contribution in [3.05, 3.63) is 36.9 Å². The molecule has 2 heteroatoms. The molecule has 1 aliphatic rings. The SMILES string of the molecule is C=CN1C(=C)/C(=C\C)OCC1C. The van der Waals surface area contributed by atoms with Crippen LogP contribution in [-0.4, -0.2) is 17.5 Å². The molecule has 66 valence electrons. The maximum atomic E-state index is 5.46. The molecule has 0 spiro atoms. The molecule has 12 heavy (non-hydrogen) atoms. The van der Waals surface area contributed by atoms with Gasteiger partial charge in [-0.1, -0.05) is 13.2 Å². The number of ether oxygens (including phenoxy) is 1. The third kappa shape index (κ3) is 1.37. The van der Waals surface area contributed by atoms with Crippen LogP contribution < -0.4 is 0 Å². The first-order valence-corrected chi connectivity index (χ1v) is 4.10. The Labute approximate surface area is 73.8 Å². The number of morpholine rings is 1. The molecule has 1 heterocycles. The Morgan fingerprint density at radius 1 is 1.67 bits per heavy atom. The molecule has 0 amide bonds. The van der Waals surface area contributed by atoms with Crippen LogP contribution in [0.25, 0.3) is 0 Å². The molecule has 0 aromatic rings. The number of hydrogen-bond acceptors (Lipinski definition) is 2. The lowest BCUT2D eigenvalue weighted by Crippen LogP contribution is -2.36. The van der Waals surface area contributed by atoms with Crippen LogP contribution >= 0.6 is 0 Å². The van der Waals surface area contributed by atoms with Gasteiger partial charge in [0.2, 0.25) is 0 Å². The maximum absolute atomic E-state index is 5.46. The molecule has 0 aromatic heterocycles. The Morgan fingerprint density at radius 3 is 2.83 bits per heavy atom. The van der Waals surface area contributed by atoms with Gasteiger partial charge in [0.05, 0.1) is 11.7 Å². The Balaban J connectivity index is 2.84. The van der Waals surface area contributed by atoms with Crippen LogP contribution in [0.5, 0.6) is 0 Å². The van der Waals surface area contributed by atoms with E-state index in [1.165, 1.54) is 0 Å². The van der Waals surface area contributed by atoms with Crippen molar-refractivity contribution in [3.8, 4) is 0 Å². The fourth-order valence-electron chi connectivity index (χ4n) is 1.31. The first-order chi connectivity index (χ1) is 5.70. The molecule has 1 aliphatic heterocycles.